The number of esters is 1. The molecule has 110 valence electrons. The van der Waals surface area contributed by atoms with Crippen molar-refractivity contribution >= 4 is 32.6 Å². The molecular formula is C14H25NO2S2. The zero-order valence-corrected chi connectivity index (χ0v) is 14.2. The van der Waals surface area contributed by atoms with E-state index < -0.39 is 5.41 Å². The van der Waals surface area contributed by atoms with Gasteiger partial charge in [0.25, 0.3) is 0 Å². The maximum absolute atomic E-state index is 11.5. The summed E-state index contributed by atoms with van der Waals surface area (Å²) in [4.78, 5) is 15.8. The molecule has 0 radical (unpaired) electrons. The zero-order valence-electron chi connectivity index (χ0n) is 12.6. The highest BCUT2D eigenvalue weighted by Gasteiger charge is 2.22. The molecular weight excluding hydrogens is 278 g/mol. The lowest BCUT2D eigenvalue weighted by Gasteiger charge is -2.16. The van der Waals surface area contributed by atoms with Crippen LogP contribution >= 0.6 is 21.6 Å². The van der Waals surface area contributed by atoms with Crippen molar-refractivity contribution in [1.82, 2.24) is 0 Å². The highest BCUT2D eigenvalue weighted by Crippen LogP contribution is 2.25. The van der Waals surface area contributed by atoms with Gasteiger partial charge in [0, 0.05) is 12.3 Å². The Labute approximate surface area is 125 Å². The van der Waals surface area contributed by atoms with Crippen LogP contribution in [0.4, 0.5) is 0 Å². The van der Waals surface area contributed by atoms with E-state index in [1.807, 2.05) is 40.7 Å². The second-order valence-electron chi connectivity index (χ2n) is 4.70. The second-order valence-corrected chi connectivity index (χ2v) is 7.14. The predicted molar refractivity (Wildman–Crippen MR) is 87.9 cm³/mol. The van der Waals surface area contributed by atoms with Crippen LogP contribution < -0.4 is 0 Å². The Balaban J connectivity index is 0.00000154. The van der Waals surface area contributed by atoms with Gasteiger partial charge in [-0.2, -0.15) is 0 Å². The molecule has 1 heterocycles. The molecule has 0 aromatic carbocycles. The van der Waals surface area contributed by atoms with Crippen LogP contribution in [-0.4, -0.2) is 29.9 Å². The highest BCUT2D eigenvalue weighted by atomic mass is 33.1. The fourth-order valence-corrected chi connectivity index (χ4v) is 2.82. The summed E-state index contributed by atoms with van der Waals surface area (Å²) in [6.45, 7) is 10.9. The molecule has 0 amide bonds. The van der Waals surface area contributed by atoms with Crippen molar-refractivity contribution in [2.75, 3.05) is 18.9 Å². The molecule has 3 nitrogen and oxygen atoms in total. The lowest BCUT2D eigenvalue weighted by atomic mass is 9.97. The Hall–Kier alpha value is -0.420. The van der Waals surface area contributed by atoms with Crippen molar-refractivity contribution in [3.8, 4) is 0 Å². The Morgan fingerprint density at radius 2 is 2.11 bits per heavy atom. The molecule has 0 saturated carbocycles. The Morgan fingerprint density at radius 1 is 1.42 bits per heavy atom. The van der Waals surface area contributed by atoms with E-state index in [0.717, 1.165) is 23.8 Å². The molecule has 19 heavy (non-hydrogen) atoms. The summed E-state index contributed by atoms with van der Waals surface area (Å²) in [5, 5.41) is 1.06. The van der Waals surface area contributed by atoms with Gasteiger partial charge in [0.05, 0.1) is 5.41 Å². The minimum absolute atomic E-state index is 0.141. The van der Waals surface area contributed by atoms with E-state index in [-0.39, 0.29) is 5.97 Å². The number of aliphatic imine (C=N–C) groups is 1. The first-order valence-corrected chi connectivity index (χ1v) is 9.00. The number of dihydropyridines is 1. The Kier molecular flexibility index (Phi) is 10.1. The number of hydrogen-bond acceptors (Lipinski definition) is 5. The van der Waals surface area contributed by atoms with Crippen LogP contribution in [0.1, 0.15) is 41.0 Å². The van der Waals surface area contributed by atoms with Gasteiger partial charge in [-0.05, 0) is 44.1 Å². The summed E-state index contributed by atoms with van der Waals surface area (Å²) >= 11 is 0. The van der Waals surface area contributed by atoms with E-state index in [9.17, 15) is 4.79 Å². The predicted octanol–water partition coefficient (Wildman–Crippen LogP) is 4.34. The number of nitrogens with zero attached hydrogens (tertiary/aromatic N) is 1. The van der Waals surface area contributed by atoms with Gasteiger partial charge >= 0.3 is 5.97 Å². The van der Waals surface area contributed by atoms with E-state index in [1.165, 1.54) is 0 Å². The fourth-order valence-electron chi connectivity index (χ4n) is 1.03. The van der Waals surface area contributed by atoms with Crippen molar-refractivity contribution in [3.63, 3.8) is 0 Å². The molecule has 1 aliphatic rings. The summed E-state index contributed by atoms with van der Waals surface area (Å²) in [6.07, 6.45) is 5.22. The quantitative estimate of drug-likeness (QED) is 0.440. The van der Waals surface area contributed by atoms with Gasteiger partial charge in [0.15, 0.2) is 0 Å². The Morgan fingerprint density at radius 3 is 2.63 bits per heavy atom. The minimum Gasteiger partial charge on any atom is -0.464 e. The minimum atomic E-state index is -0.409. The number of hydrogen-bond donors (Lipinski definition) is 0. The molecule has 0 spiro atoms. The summed E-state index contributed by atoms with van der Waals surface area (Å²) in [6, 6.07) is 0. The third kappa shape index (κ3) is 9.16. The maximum atomic E-state index is 11.5. The van der Waals surface area contributed by atoms with Crippen LogP contribution in [0, 0.1) is 5.41 Å². The van der Waals surface area contributed by atoms with E-state index >= 15 is 0 Å². The molecule has 0 saturated heterocycles. The number of carbonyl (C=O) groups excluding carboxylic acids is 1. The first kappa shape index (κ1) is 18.6. The van der Waals surface area contributed by atoms with Crippen LogP contribution in [-0.2, 0) is 9.53 Å². The largest absolute Gasteiger partial charge is 0.464 e. The third-order valence-electron chi connectivity index (χ3n) is 1.98. The van der Waals surface area contributed by atoms with E-state index in [4.69, 9.17) is 4.74 Å². The fraction of sp³-hybridized carbons (Fsp3) is 0.714. The van der Waals surface area contributed by atoms with Crippen LogP contribution in [0.3, 0.4) is 0 Å². The molecule has 5 heteroatoms. The second kappa shape index (κ2) is 10.4. The van der Waals surface area contributed by atoms with Crippen LogP contribution in [0.2, 0.25) is 0 Å². The lowest BCUT2D eigenvalue weighted by molar-refractivity contribution is -0.152. The third-order valence-corrected chi connectivity index (χ3v) is 4.23. The van der Waals surface area contributed by atoms with Crippen molar-refractivity contribution in [2.24, 2.45) is 10.4 Å². The summed E-state index contributed by atoms with van der Waals surface area (Å²) in [5.74, 6) is 0.650. The number of ether oxygens (including phenoxy) is 1. The van der Waals surface area contributed by atoms with Gasteiger partial charge in [0.1, 0.15) is 11.7 Å². The summed E-state index contributed by atoms with van der Waals surface area (Å²) in [7, 11) is 3.31. The monoisotopic (exact) mass is 303 g/mol. The van der Waals surface area contributed by atoms with Crippen molar-refractivity contribution < 1.29 is 9.53 Å². The molecule has 0 aromatic heterocycles. The first-order valence-electron chi connectivity index (χ1n) is 6.68. The lowest BCUT2D eigenvalue weighted by Crippen LogP contribution is -2.23. The average molecular weight is 303 g/mol. The average Bonchev–Trinajstić information content (AvgIpc) is 2.40. The number of carbonyl (C=O) groups is 1. The van der Waals surface area contributed by atoms with Gasteiger partial charge in [-0.25, -0.2) is 0 Å². The first-order chi connectivity index (χ1) is 9.00. The zero-order chi connectivity index (χ0) is 14.7. The molecule has 0 N–H and O–H groups in total. The molecule has 0 aromatic rings. The van der Waals surface area contributed by atoms with Gasteiger partial charge in [-0.3, -0.25) is 9.79 Å². The van der Waals surface area contributed by atoms with E-state index in [0.29, 0.717) is 6.61 Å². The molecule has 0 atom stereocenters. The SMILES string of the molecule is CC.CC(C)(C)C(=O)OCCSSC1=NCCC=C1. The summed E-state index contributed by atoms with van der Waals surface area (Å²) in [5.41, 5.74) is -0.409. The molecule has 0 bridgehead atoms. The molecule has 1 aliphatic heterocycles. The molecule has 1 rings (SSSR count). The topological polar surface area (TPSA) is 38.7 Å². The van der Waals surface area contributed by atoms with Gasteiger partial charge < -0.3 is 4.74 Å². The van der Waals surface area contributed by atoms with Gasteiger partial charge in [0.2, 0.25) is 0 Å². The smallest absolute Gasteiger partial charge is 0.311 e. The van der Waals surface area contributed by atoms with Gasteiger partial charge in [-0.1, -0.05) is 30.7 Å². The number of rotatable bonds is 4. The highest BCUT2D eigenvalue weighted by molar-refractivity contribution is 8.82. The molecule has 0 aliphatic carbocycles. The normalized spacial score (nSPS) is 14.3. The van der Waals surface area contributed by atoms with Crippen molar-refractivity contribution in [3.05, 3.63) is 12.2 Å². The van der Waals surface area contributed by atoms with Gasteiger partial charge in [-0.15, -0.1) is 0 Å². The van der Waals surface area contributed by atoms with Crippen LogP contribution in [0.25, 0.3) is 0 Å². The molecule has 0 unspecified atom stereocenters. The van der Waals surface area contributed by atoms with Crippen LogP contribution in [0.15, 0.2) is 17.1 Å². The summed E-state index contributed by atoms with van der Waals surface area (Å²) < 4.78 is 5.16. The van der Waals surface area contributed by atoms with Crippen molar-refractivity contribution in [2.45, 2.75) is 41.0 Å². The standard InChI is InChI=1S/C12H19NO2S2.C2H6/c1-12(2,3)11(14)15-8-9-16-17-10-6-4-5-7-13-10;1-2/h4,6H,5,7-9H2,1-3H3;1-2H3. The van der Waals surface area contributed by atoms with E-state index in [1.54, 1.807) is 21.6 Å². The van der Waals surface area contributed by atoms with E-state index in [2.05, 4.69) is 11.1 Å². The Bertz CT molecular complexity index is 320. The molecule has 0 fully saturated rings. The van der Waals surface area contributed by atoms with Crippen LogP contribution in [0.5, 0.6) is 0 Å². The van der Waals surface area contributed by atoms with Crippen molar-refractivity contribution in [1.29, 1.82) is 0 Å². The maximum Gasteiger partial charge on any atom is 0.311 e.